The van der Waals surface area contributed by atoms with Crippen molar-refractivity contribution < 1.29 is 0 Å². The molecule has 144 valence electrons. The molecule has 0 radical (unpaired) electrons. The van der Waals surface area contributed by atoms with Crippen LogP contribution >= 0.6 is 11.3 Å². The van der Waals surface area contributed by atoms with Gasteiger partial charge in [-0.1, -0.05) is 32.8 Å². The molecule has 7 heteroatoms. The van der Waals surface area contributed by atoms with Gasteiger partial charge in [-0.15, -0.1) is 21.5 Å². The van der Waals surface area contributed by atoms with Crippen molar-refractivity contribution in [3.63, 3.8) is 0 Å². The SMILES string of the molecule is Cc1nnc(CN=C(NCCCCC(C)C)NCCc2cccs2)n1C. The Bertz CT molecular complexity index is 660. The number of aromatic nitrogens is 3. The highest BCUT2D eigenvalue weighted by atomic mass is 32.1. The summed E-state index contributed by atoms with van der Waals surface area (Å²) in [6.07, 6.45) is 4.69. The van der Waals surface area contributed by atoms with Gasteiger partial charge in [0, 0.05) is 25.0 Å². The van der Waals surface area contributed by atoms with Gasteiger partial charge in [0.15, 0.2) is 11.8 Å². The summed E-state index contributed by atoms with van der Waals surface area (Å²) in [5.74, 6) is 3.41. The van der Waals surface area contributed by atoms with Crippen LogP contribution in [0.25, 0.3) is 0 Å². The number of guanidine groups is 1. The standard InChI is InChI=1S/C19H32N6S/c1-15(2)8-5-6-11-20-19(21-12-10-17-9-7-13-26-17)22-14-18-24-23-16(3)25(18)4/h7,9,13,15H,5-6,8,10-12,14H2,1-4H3,(H2,20,21,22). The van der Waals surface area contributed by atoms with Crippen LogP contribution in [0.4, 0.5) is 0 Å². The molecule has 2 aromatic heterocycles. The molecular formula is C19H32N6S. The van der Waals surface area contributed by atoms with E-state index in [1.165, 1.54) is 17.7 Å². The first-order valence-corrected chi connectivity index (χ1v) is 10.3. The minimum absolute atomic E-state index is 0.525. The average Bonchev–Trinajstić information content (AvgIpc) is 3.23. The molecule has 6 nitrogen and oxygen atoms in total. The molecule has 0 aliphatic carbocycles. The summed E-state index contributed by atoms with van der Waals surface area (Å²) in [5, 5.41) is 17.3. The Morgan fingerprint density at radius 3 is 2.69 bits per heavy atom. The Hall–Kier alpha value is -1.89. The molecule has 2 N–H and O–H groups in total. The third-order valence-corrected chi connectivity index (χ3v) is 5.24. The maximum Gasteiger partial charge on any atom is 0.191 e. The van der Waals surface area contributed by atoms with Crippen LogP contribution in [0.1, 0.15) is 49.6 Å². The number of hydrogen-bond donors (Lipinski definition) is 2. The lowest BCUT2D eigenvalue weighted by Crippen LogP contribution is -2.39. The molecule has 26 heavy (non-hydrogen) atoms. The summed E-state index contributed by atoms with van der Waals surface area (Å²) in [4.78, 5) is 6.08. The highest BCUT2D eigenvalue weighted by Gasteiger charge is 2.05. The average molecular weight is 377 g/mol. The van der Waals surface area contributed by atoms with Gasteiger partial charge < -0.3 is 15.2 Å². The van der Waals surface area contributed by atoms with Crippen LogP contribution in [-0.2, 0) is 20.0 Å². The predicted octanol–water partition coefficient (Wildman–Crippen LogP) is 3.29. The van der Waals surface area contributed by atoms with Crippen molar-refractivity contribution in [1.29, 1.82) is 0 Å². The van der Waals surface area contributed by atoms with E-state index in [4.69, 9.17) is 4.99 Å². The monoisotopic (exact) mass is 376 g/mol. The van der Waals surface area contributed by atoms with Gasteiger partial charge >= 0.3 is 0 Å². The van der Waals surface area contributed by atoms with Gasteiger partial charge in [-0.25, -0.2) is 4.99 Å². The molecule has 0 saturated heterocycles. The summed E-state index contributed by atoms with van der Waals surface area (Å²) < 4.78 is 1.98. The van der Waals surface area contributed by atoms with E-state index in [0.717, 1.165) is 49.5 Å². The number of nitrogens with one attached hydrogen (secondary N) is 2. The fraction of sp³-hybridized carbons (Fsp3) is 0.632. The van der Waals surface area contributed by atoms with Crippen LogP contribution in [0.3, 0.4) is 0 Å². The summed E-state index contributed by atoms with van der Waals surface area (Å²) in [5.41, 5.74) is 0. The highest BCUT2D eigenvalue weighted by molar-refractivity contribution is 7.09. The molecule has 0 fully saturated rings. The van der Waals surface area contributed by atoms with Crippen molar-refractivity contribution in [2.75, 3.05) is 13.1 Å². The van der Waals surface area contributed by atoms with Gasteiger partial charge in [-0.05, 0) is 37.1 Å². The first-order chi connectivity index (χ1) is 12.6. The van der Waals surface area contributed by atoms with E-state index in [1.807, 2.05) is 18.5 Å². The highest BCUT2D eigenvalue weighted by Crippen LogP contribution is 2.08. The molecule has 2 aromatic rings. The Kier molecular flexibility index (Phi) is 8.61. The number of aliphatic imine (C=N–C) groups is 1. The lowest BCUT2D eigenvalue weighted by Gasteiger charge is -2.13. The predicted molar refractivity (Wildman–Crippen MR) is 110 cm³/mol. The summed E-state index contributed by atoms with van der Waals surface area (Å²) >= 11 is 1.79. The number of hydrogen-bond acceptors (Lipinski definition) is 4. The third kappa shape index (κ3) is 7.15. The molecule has 0 atom stereocenters. The van der Waals surface area contributed by atoms with Crippen molar-refractivity contribution in [3.05, 3.63) is 34.0 Å². The van der Waals surface area contributed by atoms with E-state index in [-0.39, 0.29) is 0 Å². The molecule has 0 saturated carbocycles. The first kappa shape index (κ1) is 20.4. The molecule has 0 unspecified atom stereocenters. The van der Waals surface area contributed by atoms with Crippen LogP contribution in [0.15, 0.2) is 22.5 Å². The number of aryl methyl sites for hydroxylation is 1. The maximum atomic E-state index is 4.69. The van der Waals surface area contributed by atoms with E-state index in [0.29, 0.717) is 6.54 Å². The maximum absolute atomic E-state index is 4.69. The molecule has 2 heterocycles. The van der Waals surface area contributed by atoms with Crippen LogP contribution in [0, 0.1) is 12.8 Å². The smallest absolute Gasteiger partial charge is 0.191 e. The second kappa shape index (κ2) is 11.0. The Balaban J connectivity index is 1.84. The molecule has 0 aromatic carbocycles. The number of thiophene rings is 1. The Morgan fingerprint density at radius 2 is 2.04 bits per heavy atom. The fourth-order valence-electron chi connectivity index (χ4n) is 2.56. The van der Waals surface area contributed by atoms with Crippen molar-refractivity contribution in [1.82, 2.24) is 25.4 Å². The molecule has 0 spiro atoms. The first-order valence-electron chi connectivity index (χ1n) is 9.45. The van der Waals surface area contributed by atoms with E-state index >= 15 is 0 Å². The Labute approximate surface area is 161 Å². The second-order valence-electron chi connectivity index (χ2n) is 6.96. The van der Waals surface area contributed by atoms with Crippen molar-refractivity contribution in [2.24, 2.45) is 18.0 Å². The number of nitrogens with zero attached hydrogens (tertiary/aromatic N) is 4. The summed E-state index contributed by atoms with van der Waals surface area (Å²) in [7, 11) is 1.98. The lowest BCUT2D eigenvalue weighted by molar-refractivity contribution is 0.534. The zero-order chi connectivity index (χ0) is 18.8. The quantitative estimate of drug-likeness (QED) is 0.379. The molecular weight excluding hydrogens is 344 g/mol. The van der Waals surface area contributed by atoms with E-state index < -0.39 is 0 Å². The van der Waals surface area contributed by atoms with Crippen molar-refractivity contribution in [3.8, 4) is 0 Å². The van der Waals surface area contributed by atoms with Gasteiger partial charge in [0.25, 0.3) is 0 Å². The molecule has 0 amide bonds. The zero-order valence-corrected chi connectivity index (χ0v) is 17.3. The Morgan fingerprint density at radius 1 is 1.23 bits per heavy atom. The molecule has 2 rings (SSSR count). The van der Waals surface area contributed by atoms with Crippen molar-refractivity contribution in [2.45, 2.75) is 53.0 Å². The van der Waals surface area contributed by atoms with Gasteiger partial charge in [0.05, 0.1) is 0 Å². The van der Waals surface area contributed by atoms with Crippen LogP contribution in [0.5, 0.6) is 0 Å². The van der Waals surface area contributed by atoms with Crippen molar-refractivity contribution >= 4 is 17.3 Å². The normalized spacial score (nSPS) is 12.0. The molecule has 0 bridgehead atoms. The van der Waals surface area contributed by atoms with Crippen LogP contribution in [0.2, 0.25) is 0 Å². The lowest BCUT2D eigenvalue weighted by atomic mass is 10.1. The van der Waals surface area contributed by atoms with Gasteiger partial charge in [-0.2, -0.15) is 0 Å². The fourth-order valence-corrected chi connectivity index (χ4v) is 3.27. The second-order valence-corrected chi connectivity index (χ2v) is 7.99. The molecule has 0 aliphatic rings. The zero-order valence-electron chi connectivity index (χ0n) is 16.5. The third-order valence-electron chi connectivity index (χ3n) is 4.31. The van der Waals surface area contributed by atoms with Gasteiger partial charge in [-0.3, -0.25) is 0 Å². The van der Waals surface area contributed by atoms with E-state index in [1.54, 1.807) is 11.3 Å². The van der Waals surface area contributed by atoms with Crippen LogP contribution < -0.4 is 10.6 Å². The minimum Gasteiger partial charge on any atom is -0.356 e. The number of rotatable bonds is 10. The number of unbranched alkanes of at least 4 members (excludes halogenated alkanes) is 1. The molecule has 0 aliphatic heterocycles. The summed E-state index contributed by atoms with van der Waals surface area (Å²) in [6.45, 7) is 8.83. The summed E-state index contributed by atoms with van der Waals surface area (Å²) in [6, 6.07) is 4.27. The topological polar surface area (TPSA) is 67.1 Å². The van der Waals surface area contributed by atoms with Gasteiger partial charge in [0.2, 0.25) is 0 Å². The van der Waals surface area contributed by atoms with Crippen LogP contribution in [-0.4, -0.2) is 33.8 Å². The minimum atomic E-state index is 0.525. The van der Waals surface area contributed by atoms with E-state index in [2.05, 4.69) is 52.2 Å². The largest absolute Gasteiger partial charge is 0.356 e. The van der Waals surface area contributed by atoms with Gasteiger partial charge in [0.1, 0.15) is 12.4 Å². The van der Waals surface area contributed by atoms with E-state index in [9.17, 15) is 0 Å².